The summed E-state index contributed by atoms with van der Waals surface area (Å²) < 4.78 is 0. The average Bonchev–Trinajstić information content (AvgIpc) is 2.55. The minimum Gasteiger partial charge on any atom is -0.298 e. The molecule has 2 aromatic carbocycles. The lowest BCUT2D eigenvalue weighted by molar-refractivity contribution is 0.111. The molecule has 0 aliphatic carbocycles. The van der Waals surface area contributed by atoms with E-state index in [1.807, 2.05) is 48.5 Å². The molecule has 0 bridgehead atoms. The summed E-state index contributed by atoms with van der Waals surface area (Å²) >= 11 is 0. The van der Waals surface area contributed by atoms with Crippen LogP contribution in [0.25, 0.3) is 0 Å². The molecule has 0 amide bonds. The summed E-state index contributed by atoms with van der Waals surface area (Å²) in [6.07, 6.45) is 6.95. The Labute approximate surface area is 125 Å². The van der Waals surface area contributed by atoms with Crippen molar-refractivity contribution in [3.8, 4) is 0 Å². The van der Waals surface area contributed by atoms with Gasteiger partial charge in [0, 0.05) is 11.1 Å². The van der Waals surface area contributed by atoms with Crippen LogP contribution in [0.15, 0.2) is 48.5 Å². The van der Waals surface area contributed by atoms with Gasteiger partial charge in [0.1, 0.15) is 12.6 Å². The topological polar surface area (TPSA) is 34.1 Å². The molecule has 0 spiro atoms. The molecule has 0 fully saturated rings. The van der Waals surface area contributed by atoms with Crippen LogP contribution in [0.2, 0.25) is 0 Å². The van der Waals surface area contributed by atoms with Gasteiger partial charge in [-0.1, -0.05) is 55.0 Å². The molecule has 0 heterocycles. The van der Waals surface area contributed by atoms with Gasteiger partial charge in [-0.05, 0) is 36.8 Å². The van der Waals surface area contributed by atoms with Crippen LogP contribution in [0.4, 0.5) is 0 Å². The van der Waals surface area contributed by atoms with Crippen LogP contribution in [-0.2, 0) is 12.8 Å². The van der Waals surface area contributed by atoms with E-state index in [-0.39, 0.29) is 0 Å². The van der Waals surface area contributed by atoms with Crippen molar-refractivity contribution in [1.29, 1.82) is 0 Å². The summed E-state index contributed by atoms with van der Waals surface area (Å²) in [5.74, 6) is 0. The second-order valence-electron chi connectivity index (χ2n) is 5.19. The summed E-state index contributed by atoms with van der Waals surface area (Å²) in [6, 6.07) is 15.5. The van der Waals surface area contributed by atoms with E-state index >= 15 is 0 Å². The van der Waals surface area contributed by atoms with Crippen molar-refractivity contribution >= 4 is 12.6 Å². The lowest BCUT2D eigenvalue weighted by atomic mass is 9.99. The highest BCUT2D eigenvalue weighted by atomic mass is 16.1. The molecule has 0 unspecified atom stereocenters. The third kappa shape index (κ3) is 4.38. The van der Waals surface area contributed by atoms with Crippen LogP contribution in [0, 0.1) is 0 Å². The zero-order valence-electron chi connectivity index (χ0n) is 12.1. The molecule has 2 rings (SSSR count). The van der Waals surface area contributed by atoms with Gasteiger partial charge in [0.25, 0.3) is 0 Å². The fourth-order valence-electron chi connectivity index (χ4n) is 2.56. The first-order valence-corrected chi connectivity index (χ1v) is 7.41. The van der Waals surface area contributed by atoms with E-state index in [4.69, 9.17) is 0 Å². The Balaban J connectivity index is 1.77. The molecular weight excluding hydrogens is 260 g/mol. The summed E-state index contributed by atoms with van der Waals surface area (Å²) in [6.45, 7) is 0. The molecule has 2 nitrogen and oxygen atoms in total. The van der Waals surface area contributed by atoms with Gasteiger partial charge in [0.2, 0.25) is 0 Å². The first kappa shape index (κ1) is 15.2. The molecule has 0 saturated heterocycles. The highest BCUT2D eigenvalue weighted by Gasteiger charge is 2.02. The normalized spacial score (nSPS) is 10.3. The number of carbonyl (C=O) groups excluding carboxylic acids is 2. The van der Waals surface area contributed by atoms with Crippen molar-refractivity contribution in [2.24, 2.45) is 0 Å². The smallest absolute Gasteiger partial charge is 0.150 e. The Hall–Kier alpha value is -2.22. The number of rotatable bonds is 8. The molecule has 0 radical (unpaired) electrons. The molecular formula is C19H20O2. The van der Waals surface area contributed by atoms with Crippen LogP contribution < -0.4 is 0 Å². The Morgan fingerprint density at radius 2 is 1.05 bits per heavy atom. The fourth-order valence-corrected chi connectivity index (χ4v) is 2.56. The lowest BCUT2D eigenvalue weighted by Gasteiger charge is -2.06. The lowest BCUT2D eigenvalue weighted by Crippen LogP contribution is -1.95. The van der Waals surface area contributed by atoms with Gasteiger partial charge in [-0.3, -0.25) is 9.59 Å². The van der Waals surface area contributed by atoms with Crippen molar-refractivity contribution in [2.45, 2.75) is 32.1 Å². The minimum absolute atomic E-state index is 0.795. The molecule has 0 atom stereocenters. The summed E-state index contributed by atoms with van der Waals surface area (Å²) in [5.41, 5.74) is 3.84. The fraction of sp³-hybridized carbons (Fsp3) is 0.263. The van der Waals surface area contributed by atoms with Gasteiger partial charge in [0.15, 0.2) is 0 Å². The molecule has 0 N–H and O–H groups in total. The Bertz CT molecular complexity index is 549. The predicted molar refractivity (Wildman–Crippen MR) is 84.9 cm³/mol. The maximum absolute atomic E-state index is 10.9. The van der Waals surface area contributed by atoms with Crippen LogP contribution in [-0.4, -0.2) is 12.6 Å². The van der Waals surface area contributed by atoms with E-state index in [2.05, 4.69) is 0 Å². The number of unbranched alkanes of at least 4 members (excludes halogenated alkanes) is 2. The second-order valence-corrected chi connectivity index (χ2v) is 5.19. The third-order valence-corrected chi connectivity index (χ3v) is 3.76. The number of aryl methyl sites for hydroxylation is 2. The van der Waals surface area contributed by atoms with E-state index < -0.39 is 0 Å². The molecule has 21 heavy (non-hydrogen) atoms. The zero-order chi connectivity index (χ0) is 14.9. The van der Waals surface area contributed by atoms with Crippen molar-refractivity contribution < 1.29 is 9.59 Å². The van der Waals surface area contributed by atoms with Gasteiger partial charge >= 0.3 is 0 Å². The van der Waals surface area contributed by atoms with Gasteiger partial charge in [-0.15, -0.1) is 0 Å². The third-order valence-electron chi connectivity index (χ3n) is 3.76. The first-order valence-electron chi connectivity index (χ1n) is 7.41. The first-order chi connectivity index (χ1) is 10.3. The number of hydrogen-bond acceptors (Lipinski definition) is 2. The van der Waals surface area contributed by atoms with Crippen LogP contribution >= 0.6 is 0 Å². The molecule has 2 aromatic rings. The van der Waals surface area contributed by atoms with E-state index in [0.29, 0.717) is 0 Å². The van der Waals surface area contributed by atoms with Crippen LogP contribution in [0.3, 0.4) is 0 Å². The van der Waals surface area contributed by atoms with Gasteiger partial charge < -0.3 is 0 Å². The van der Waals surface area contributed by atoms with Gasteiger partial charge in [0.05, 0.1) is 0 Å². The maximum Gasteiger partial charge on any atom is 0.150 e. The molecule has 108 valence electrons. The highest BCUT2D eigenvalue weighted by Crippen LogP contribution is 2.14. The zero-order valence-corrected chi connectivity index (χ0v) is 12.1. The van der Waals surface area contributed by atoms with Gasteiger partial charge in [-0.25, -0.2) is 0 Å². The van der Waals surface area contributed by atoms with Crippen LogP contribution in [0.5, 0.6) is 0 Å². The molecule has 0 aliphatic heterocycles. The SMILES string of the molecule is O=Cc1ccccc1CCCCCc1ccccc1C=O. The van der Waals surface area contributed by atoms with E-state index in [0.717, 1.165) is 66.9 Å². The number of aldehydes is 2. The number of benzene rings is 2. The van der Waals surface area contributed by atoms with Crippen LogP contribution in [0.1, 0.15) is 51.1 Å². The quantitative estimate of drug-likeness (QED) is 0.534. The Kier molecular flexibility index (Phi) is 5.89. The minimum atomic E-state index is 0.795. The van der Waals surface area contributed by atoms with E-state index in [9.17, 15) is 9.59 Å². The van der Waals surface area contributed by atoms with Gasteiger partial charge in [-0.2, -0.15) is 0 Å². The maximum atomic E-state index is 10.9. The van der Waals surface area contributed by atoms with Crippen molar-refractivity contribution in [3.63, 3.8) is 0 Å². The monoisotopic (exact) mass is 280 g/mol. The van der Waals surface area contributed by atoms with Crippen molar-refractivity contribution in [2.75, 3.05) is 0 Å². The number of carbonyl (C=O) groups is 2. The standard InChI is InChI=1S/C19H20O2/c20-14-18-12-6-4-10-16(18)8-2-1-3-9-17-11-5-7-13-19(17)15-21/h4-7,10-15H,1-3,8-9H2. The molecule has 0 aromatic heterocycles. The summed E-state index contributed by atoms with van der Waals surface area (Å²) in [4.78, 5) is 21.9. The Morgan fingerprint density at radius 1 is 0.619 bits per heavy atom. The largest absolute Gasteiger partial charge is 0.298 e. The van der Waals surface area contributed by atoms with Crippen molar-refractivity contribution in [3.05, 3.63) is 70.8 Å². The highest BCUT2D eigenvalue weighted by molar-refractivity contribution is 5.77. The average molecular weight is 280 g/mol. The summed E-state index contributed by atoms with van der Waals surface area (Å²) in [7, 11) is 0. The Morgan fingerprint density at radius 3 is 1.48 bits per heavy atom. The van der Waals surface area contributed by atoms with E-state index in [1.165, 1.54) is 0 Å². The molecule has 0 saturated carbocycles. The summed E-state index contributed by atoms with van der Waals surface area (Å²) in [5, 5.41) is 0. The molecule has 2 heteroatoms. The molecule has 0 aliphatic rings. The van der Waals surface area contributed by atoms with Crippen molar-refractivity contribution in [1.82, 2.24) is 0 Å². The second kappa shape index (κ2) is 8.15. The predicted octanol–water partition coefficient (Wildman–Crippen LogP) is 4.27. The number of hydrogen-bond donors (Lipinski definition) is 0. The van der Waals surface area contributed by atoms with E-state index in [1.54, 1.807) is 0 Å².